The molecule has 1 aromatic rings. The first-order chi connectivity index (χ1) is 7.46. The lowest BCUT2D eigenvalue weighted by molar-refractivity contribution is 0.0324. The lowest BCUT2D eigenvalue weighted by Gasteiger charge is -2.24. The first kappa shape index (κ1) is 11.3. The second-order valence-electron chi connectivity index (χ2n) is 4.40. The molecular formula is C12H14F2O2. The molecule has 0 saturated heterocycles. The van der Waals surface area contributed by atoms with Crippen molar-refractivity contribution >= 4 is 0 Å². The van der Waals surface area contributed by atoms with Gasteiger partial charge in [0.1, 0.15) is 0 Å². The Bertz CT molecular complexity index is 412. The third kappa shape index (κ3) is 1.78. The molecule has 1 aliphatic carbocycles. The molecule has 1 fully saturated rings. The number of ether oxygens (including phenoxy) is 1. The molecule has 1 N–H and O–H groups in total. The van der Waals surface area contributed by atoms with Crippen LogP contribution in [0.2, 0.25) is 0 Å². The molecule has 1 aliphatic rings. The van der Waals surface area contributed by atoms with Gasteiger partial charge in [-0.15, -0.1) is 0 Å². The molecule has 0 radical (unpaired) electrons. The fourth-order valence-corrected chi connectivity index (χ4v) is 1.89. The lowest BCUT2D eigenvalue weighted by Crippen LogP contribution is -2.24. The van der Waals surface area contributed by atoms with Gasteiger partial charge in [-0.3, -0.25) is 0 Å². The van der Waals surface area contributed by atoms with Crippen molar-refractivity contribution in [2.45, 2.75) is 25.4 Å². The van der Waals surface area contributed by atoms with Gasteiger partial charge in [-0.05, 0) is 43.4 Å². The van der Waals surface area contributed by atoms with Gasteiger partial charge in [-0.1, -0.05) is 0 Å². The summed E-state index contributed by atoms with van der Waals surface area (Å²) < 4.78 is 31.2. The summed E-state index contributed by atoms with van der Waals surface area (Å²) in [5, 5.41) is 10.2. The van der Waals surface area contributed by atoms with Crippen LogP contribution >= 0.6 is 0 Å². The highest BCUT2D eigenvalue weighted by Crippen LogP contribution is 2.46. The molecule has 1 atom stereocenters. The molecule has 0 heterocycles. The third-order valence-corrected chi connectivity index (χ3v) is 3.17. The molecule has 1 unspecified atom stereocenters. The summed E-state index contributed by atoms with van der Waals surface area (Å²) in [6, 6.07) is 2.40. The van der Waals surface area contributed by atoms with Crippen LogP contribution in [0.3, 0.4) is 0 Å². The smallest absolute Gasteiger partial charge is 0.200 e. The van der Waals surface area contributed by atoms with E-state index in [-0.39, 0.29) is 11.7 Å². The van der Waals surface area contributed by atoms with E-state index in [2.05, 4.69) is 0 Å². The number of benzene rings is 1. The van der Waals surface area contributed by atoms with E-state index in [1.165, 1.54) is 13.2 Å². The summed E-state index contributed by atoms with van der Waals surface area (Å²) in [7, 11) is 1.27. The number of aliphatic hydroxyl groups is 1. The zero-order chi connectivity index (χ0) is 11.9. The van der Waals surface area contributed by atoms with E-state index in [1.54, 1.807) is 6.92 Å². The van der Waals surface area contributed by atoms with Crippen molar-refractivity contribution in [1.29, 1.82) is 0 Å². The van der Waals surface area contributed by atoms with Crippen molar-refractivity contribution in [1.82, 2.24) is 0 Å². The van der Waals surface area contributed by atoms with Crippen LogP contribution in [0.25, 0.3) is 0 Å². The van der Waals surface area contributed by atoms with Crippen LogP contribution in [-0.4, -0.2) is 12.2 Å². The zero-order valence-corrected chi connectivity index (χ0v) is 9.26. The first-order valence-electron chi connectivity index (χ1n) is 5.22. The largest absolute Gasteiger partial charge is 0.494 e. The highest BCUT2D eigenvalue weighted by atomic mass is 19.2. The van der Waals surface area contributed by atoms with Crippen molar-refractivity contribution < 1.29 is 18.6 Å². The Balaban J connectivity index is 2.45. The molecule has 1 saturated carbocycles. The van der Waals surface area contributed by atoms with Gasteiger partial charge in [-0.25, -0.2) is 4.39 Å². The highest BCUT2D eigenvalue weighted by molar-refractivity contribution is 5.35. The third-order valence-electron chi connectivity index (χ3n) is 3.17. The van der Waals surface area contributed by atoms with Gasteiger partial charge in [0, 0.05) is 0 Å². The van der Waals surface area contributed by atoms with Gasteiger partial charge >= 0.3 is 0 Å². The van der Waals surface area contributed by atoms with Crippen LogP contribution < -0.4 is 4.74 Å². The van der Waals surface area contributed by atoms with Crippen molar-refractivity contribution in [2.24, 2.45) is 5.92 Å². The summed E-state index contributed by atoms with van der Waals surface area (Å²) in [4.78, 5) is 0. The first-order valence-corrected chi connectivity index (χ1v) is 5.22. The maximum Gasteiger partial charge on any atom is 0.200 e. The molecule has 2 nitrogen and oxygen atoms in total. The molecule has 0 aromatic heterocycles. The summed E-state index contributed by atoms with van der Waals surface area (Å²) in [6.07, 6.45) is 1.82. The topological polar surface area (TPSA) is 29.5 Å². The summed E-state index contributed by atoms with van der Waals surface area (Å²) >= 11 is 0. The number of hydrogen-bond donors (Lipinski definition) is 1. The van der Waals surface area contributed by atoms with E-state index in [1.807, 2.05) is 0 Å². The maximum atomic E-state index is 13.3. The summed E-state index contributed by atoms with van der Waals surface area (Å²) in [5.41, 5.74) is -0.743. The van der Waals surface area contributed by atoms with E-state index in [4.69, 9.17) is 4.74 Å². The van der Waals surface area contributed by atoms with Crippen LogP contribution in [0.15, 0.2) is 12.1 Å². The van der Waals surface area contributed by atoms with Crippen LogP contribution in [0.4, 0.5) is 8.78 Å². The molecule has 16 heavy (non-hydrogen) atoms. The second kappa shape index (κ2) is 3.70. The average molecular weight is 228 g/mol. The maximum absolute atomic E-state index is 13.3. The molecule has 0 spiro atoms. The Kier molecular flexibility index (Phi) is 2.62. The minimum atomic E-state index is -1.11. The van der Waals surface area contributed by atoms with Crippen molar-refractivity contribution in [3.05, 3.63) is 29.3 Å². The minimum Gasteiger partial charge on any atom is -0.494 e. The molecule has 2 rings (SSSR count). The van der Waals surface area contributed by atoms with Crippen LogP contribution in [-0.2, 0) is 5.60 Å². The van der Waals surface area contributed by atoms with E-state index >= 15 is 0 Å². The quantitative estimate of drug-likeness (QED) is 0.861. The highest BCUT2D eigenvalue weighted by Gasteiger charge is 2.41. The molecule has 0 bridgehead atoms. The molecule has 0 amide bonds. The number of rotatable bonds is 3. The molecule has 88 valence electrons. The van der Waals surface area contributed by atoms with Crippen LogP contribution in [0.1, 0.15) is 25.3 Å². The Hall–Kier alpha value is -1.16. The zero-order valence-electron chi connectivity index (χ0n) is 9.26. The normalized spacial score (nSPS) is 19.3. The van der Waals surface area contributed by atoms with Gasteiger partial charge < -0.3 is 9.84 Å². The van der Waals surface area contributed by atoms with E-state index in [9.17, 15) is 13.9 Å². The number of halogens is 2. The van der Waals surface area contributed by atoms with Crippen molar-refractivity contribution in [3.63, 3.8) is 0 Å². The Morgan fingerprint density at radius 3 is 2.50 bits per heavy atom. The van der Waals surface area contributed by atoms with Gasteiger partial charge in [0.15, 0.2) is 11.6 Å². The standard InChI is InChI=1S/C12H14F2O2/c1-12(15,7-3-4-7)8-5-9(13)11(14)10(6-8)16-2/h5-7,15H,3-4H2,1-2H3. The molecule has 4 heteroatoms. The van der Waals surface area contributed by atoms with Gasteiger partial charge in [0.2, 0.25) is 5.82 Å². The van der Waals surface area contributed by atoms with E-state index < -0.39 is 17.2 Å². The van der Waals surface area contributed by atoms with Crippen molar-refractivity contribution in [3.8, 4) is 5.75 Å². The minimum absolute atomic E-state index is 0.127. The van der Waals surface area contributed by atoms with Crippen molar-refractivity contribution in [2.75, 3.05) is 7.11 Å². The lowest BCUT2D eigenvalue weighted by atomic mass is 9.90. The van der Waals surface area contributed by atoms with Crippen LogP contribution in [0.5, 0.6) is 5.75 Å². The van der Waals surface area contributed by atoms with Gasteiger partial charge in [0.25, 0.3) is 0 Å². The molecule has 0 aliphatic heterocycles. The predicted molar refractivity (Wildman–Crippen MR) is 55.2 cm³/mol. The van der Waals surface area contributed by atoms with E-state index in [0.717, 1.165) is 18.9 Å². The summed E-state index contributed by atoms with van der Waals surface area (Å²) in [6.45, 7) is 1.62. The van der Waals surface area contributed by atoms with E-state index in [0.29, 0.717) is 5.56 Å². The SMILES string of the molecule is COc1cc(C(C)(O)C2CC2)cc(F)c1F. The number of hydrogen-bond acceptors (Lipinski definition) is 2. The average Bonchev–Trinajstić information content (AvgIpc) is 3.05. The Morgan fingerprint density at radius 2 is 2.00 bits per heavy atom. The Morgan fingerprint density at radius 1 is 1.38 bits per heavy atom. The monoisotopic (exact) mass is 228 g/mol. The second-order valence-corrected chi connectivity index (χ2v) is 4.40. The molecule has 1 aromatic carbocycles. The summed E-state index contributed by atoms with van der Waals surface area (Å²) in [5.74, 6) is -2.05. The van der Waals surface area contributed by atoms with Gasteiger partial charge in [0.05, 0.1) is 12.7 Å². The fourth-order valence-electron chi connectivity index (χ4n) is 1.89. The predicted octanol–water partition coefficient (Wildman–Crippen LogP) is 2.59. The van der Waals surface area contributed by atoms with Crippen LogP contribution in [0, 0.1) is 17.6 Å². The molecular weight excluding hydrogens is 214 g/mol. The fraction of sp³-hybridized carbons (Fsp3) is 0.500. The van der Waals surface area contributed by atoms with Gasteiger partial charge in [-0.2, -0.15) is 4.39 Å². The Labute approximate surface area is 92.9 Å². The number of methoxy groups -OCH3 is 1.